The van der Waals surface area contributed by atoms with E-state index in [-0.39, 0.29) is 11.8 Å². The lowest BCUT2D eigenvalue weighted by Crippen LogP contribution is -2.27. The van der Waals surface area contributed by atoms with E-state index in [0.717, 1.165) is 11.3 Å². The van der Waals surface area contributed by atoms with Crippen molar-refractivity contribution >= 4 is 17.5 Å². The topological polar surface area (TPSA) is 76.7 Å². The molecule has 6 nitrogen and oxygen atoms in total. The average molecular weight is 278 g/mol. The molecule has 6 heteroatoms. The summed E-state index contributed by atoms with van der Waals surface area (Å²) in [5.41, 5.74) is 2.20. The van der Waals surface area contributed by atoms with Crippen molar-refractivity contribution in [2.24, 2.45) is 0 Å². The van der Waals surface area contributed by atoms with Gasteiger partial charge < -0.3 is 20.1 Å². The molecule has 1 heterocycles. The van der Waals surface area contributed by atoms with E-state index in [0.29, 0.717) is 38.3 Å². The Labute approximate surface area is 117 Å². The molecule has 2 N–H and O–H groups in total. The van der Waals surface area contributed by atoms with E-state index in [1.807, 2.05) is 0 Å². The Hall–Kier alpha value is -1.92. The van der Waals surface area contributed by atoms with E-state index < -0.39 is 0 Å². The summed E-state index contributed by atoms with van der Waals surface area (Å²) in [6.07, 6.45) is 0.330. The van der Waals surface area contributed by atoms with E-state index in [9.17, 15) is 9.59 Å². The predicted molar refractivity (Wildman–Crippen MR) is 73.8 cm³/mol. The fourth-order valence-corrected chi connectivity index (χ4v) is 1.95. The second-order valence-corrected chi connectivity index (χ2v) is 4.46. The number of ether oxygens (including phenoxy) is 2. The van der Waals surface area contributed by atoms with Crippen molar-refractivity contribution in [2.45, 2.75) is 6.42 Å². The zero-order valence-electron chi connectivity index (χ0n) is 11.4. The van der Waals surface area contributed by atoms with Crippen molar-refractivity contribution in [3.8, 4) is 0 Å². The fourth-order valence-electron chi connectivity index (χ4n) is 1.95. The minimum atomic E-state index is -0.164. The molecule has 1 aliphatic rings. The summed E-state index contributed by atoms with van der Waals surface area (Å²) in [7, 11) is 1.61. The van der Waals surface area contributed by atoms with Gasteiger partial charge in [0.05, 0.1) is 26.2 Å². The molecule has 1 aromatic rings. The van der Waals surface area contributed by atoms with Gasteiger partial charge in [-0.2, -0.15) is 0 Å². The summed E-state index contributed by atoms with van der Waals surface area (Å²) < 4.78 is 10.1. The van der Waals surface area contributed by atoms with Gasteiger partial charge in [-0.05, 0) is 23.8 Å². The number of nitrogens with one attached hydrogen (secondary N) is 2. The molecule has 0 spiro atoms. The van der Waals surface area contributed by atoms with Gasteiger partial charge in [0.2, 0.25) is 5.91 Å². The Morgan fingerprint density at radius 1 is 1.35 bits per heavy atom. The van der Waals surface area contributed by atoms with Crippen LogP contribution in [0.25, 0.3) is 0 Å². The van der Waals surface area contributed by atoms with Crippen LogP contribution in [-0.4, -0.2) is 45.3 Å². The standard InChI is InChI=1S/C14H18N2O4/c1-19-6-7-20-5-4-15-14(18)10-2-3-12-11(8-10)9-13(17)16-12/h2-3,8H,4-7,9H2,1H3,(H,15,18)(H,16,17). The molecule has 1 aliphatic heterocycles. The molecule has 0 fully saturated rings. The van der Waals surface area contributed by atoms with Crippen LogP contribution < -0.4 is 10.6 Å². The highest BCUT2D eigenvalue weighted by molar-refractivity contribution is 6.01. The Kier molecular flexibility index (Phi) is 5.09. The molecule has 0 saturated carbocycles. The van der Waals surface area contributed by atoms with Crippen molar-refractivity contribution in [3.05, 3.63) is 29.3 Å². The number of benzene rings is 1. The van der Waals surface area contributed by atoms with Gasteiger partial charge in [-0.25, -0.2) is 0 Å². The summed E-state index contributed by atoms with van der Waals surface area (Å²) in [5.74, 6) is -0.202. The molecular weight excluding hydrogens is 260 g/mol. The molecule has 20 heavy (non-hydrogen) atoms. The number of carbonyl (C=O) groups excluding carboxylic acids is 2. The van der Waals surface area contributed by atoms with Gasteiger partial charge in [-0.1, -0.05) is 0 Å². The molecule has 0 atom stereocenters. The second kappa shape index (κ2) is 7.02. The number of methoxy groups -OCH3 is 1. The lowest BCUT2D eigenvalue weighted by atomic mass is 10.1. The zero-order valence-corrected chi connectivity index (χ0v) is 11.4. The Morgan fingerprint density at radius 2 is 2.20 bits per heavy atom. The minimum absolute atomic E-state index is 0.0379. The number of carbonyl (C=O) groups is 2. The van der Waals surface area contributed by atoms with Crippen molar-refractivity contribution < 1.29 is 19.1 Å². The van der Waals surface area contributed by atoms with Crippen LogP contribution in [0.1, 0.15) is 15.9 Å². The van der Waals surface area contributed by atoms with Crippen LogP contribution in [0.4, 0.5) is 5.69 Å². The highest BCUT2D eigenvalue weighted by Crippen LogP contribution is 2.23. The largest absolute Gasteiger partial charge is 0.382 e. The van der Waals surface area contributed by atoms with Crippen LogP contribution in [0.3, 0.4) is 0 Å². The maximum atomic E-state index is 11.9. The average Bonchev–Trinajstić information content (AvgIpc) is 2.81. The van der Waals surface area contributed by atoms with Crippen molar-refractivity contribution in [1.82, 2.24) is 5.32 Å². The quantitative estimate of drug-likeness (QED) is 0.715. The van der Waals surface area contributed by atoms with E-state index in [4.69, 9.17) is 9.47 Å². The van der Waals surface area contributed by atoms with Crippen LogP contribution in [0, 0.1) is 0 Å². The first-order valence-corrected chi connectivity index (χ1v) is 6.48. The predicted octanol–water partition coefficient (Wildman–Crippen LogP) is 0.574. The Bertz CT molecular complexity index is 502. The monoisotopic (exact) mass is 278 g/mol. The van der Waals surface area contributed by atoms with Gasteiger partial charge in [0.25, 0.3) is 5.91 Å². The Balaban J connectivity index is 1.79. The van der Waals surface area contributed by atoms with Crippen LogP contribution in [-0.2, 0) is 20.7 Å². The maximum absolute atomic E-state index is 11.9. The summed E-state index contributed by atoms with van der Waals surface area (Å²) in [4.78, 5) is 23.2. The van der Waals surface area contributed by atoms with Crippen LogP contribution >= 0.6 is 0 Å². The number of anilines is 1. The van der Waals surface area contributed by atoms with Gasteiger partial charge in [-0.15, -0.1) is 0 Å². The fraction of sp³-hybridized carbons (Fsp3) is 0.429. The molecule has 0 aromatic heterocycles. The molecule has 2 amide bonds. The van der Waals surface area contributed by atoms with E-state index >= 15 is 0 Å². The summed E-state index contributed by atoms with van der Waals surface area (Å²) in [6.45, 7) is 1.94. The summed E-state index contributed by atoms with van der Waals surface area (Å²) in [6, 6.07) is 5.20. The normalized spacial score (nSPS) is 12.9. The van der Waals surface area contributed by atoms with E-state index in [1.54, 1.807) is 25.3 Å². The first-order valence-electron chi connectivity index (χ1n) is 6.48. The third-order valence-electron chi connectivity index (χ3n) is 2.96. The molecule has 1 aromatic carbocycles. The van der Waals surface area contributed by atoms with Crippen molar-refractivity contribution in [2.75, 3.05) is 38.8 Å². The van der Waals surface area contributed by atoms with Crippen molar-refractivity contribution in [3.63, 3.8) is 0 Å². The zero-order chi connectivity index (χ0) is 14.4. The van der Waals surface area contributed by atoms with Gasteiger partial charge in [0.1, 0.15) is 0 Å². The third-order valence-corrected chi connectivity index (χ3v) is 2.96. The van der Waals surface area contributed by atoms with Gasteiger partial charge in [0.15, 0.2) is 0 Å². The van der Waals surface area contributed by atoms with Crippen LogP contribution in [0.2, 0.25) is 0 Å². The molecule has 0 saturated heterocycles. The SMILES string of the molecule is COCCOCCNC(=O)c1ccc2c(c1)CC(=O)N2. The lowest BCUT2D eigenvalue weighted by Gasteiger charge is -2.07. The molecule has 108 valence electrons. The molecule has 0 radical (unpaired) electrons. The van der Waals surface area contributed by atoms with Gasteiger partial charge in [0, 0.05) is 24.9 Å². The molecule has 0 aliphatic carbocycles. The summed E-state index contributed by atoms with van der Waals surface area (Å²) in [5, 5.41) is 5.50. The first kappa shape index (κ1) is 14.5. The number of hydrogen-bond donors (Lipinski definition) is 2. The van der Waals surface area contributed by atoms with Gasteiger partial charge in [-0.3, -0.25) is 9.59 Å². The van der Waals surface area contributed by atoms with E-state index in [1.165, 1.54) is 0 Å². The van der Waals surface area contributed by atoms with Crippen molar-refractivity contribution in [1.29, 1.82) is 0 Å². The molecule has 0 unspecified atom stereocenters. The molecular formula is C14H18N2O4. The smallest absolute Gasteiger partial charge is 0.251 e. The second-order valence-electron chi connectivity index (χ2n) is 4.46. The minimum Gasteiger partial charge on any atom is -0.382 e. The maximum Gasteiger partial charge on any atom is 0.251 e. The summed E-state index contributed by atoms with van der Waals surface area (Å²) >= 11 is 0. The van der Waals surface area contributed by atoms with Crippen LogP contribution in [0.15, 0.2) is 18.2 Å². The highest BCUT2D eigenvalue weighted by Gasteiger charge is 2.18. The molecule has 2 rings (SSSR count). The first-order chi connectivity index (χ1) is 9.70. The number of hydrogen-bond acceptors (Lipinski definition) is 4. The lowest BCUT2D eigenvalue weighted by molar-refractivity contribution is -0.115. The Morgan fingerprint density at radius 3 is 3.00 bits per heavy atom. The number of rotatable bonds is 7. The van der Waals surface area contributed by atoms with Gasteiger partial charge >= 0.3 is 0 Å². The third kappa shape index (κ3) is 3.79. The van der Waals surface area contributed by atoms with E-state index in [2.05, 4.69) is 10.6 Å². The highest BCUT2D eigenvalue weighted by atomic mass is 16.5. The number of fused-ring (bicyclic) bond motifs is 1. The van der Waals surface area contributed by atoms with Crippen LogP contribution in [0.5, 0.6) is 0 Å². The number of amides is 2. The molecule has 0 bridgehead atoms.